The average Bonchev–Trinajstić information content (AvgIpc) is 3.93. The number of hydrogen-bond acceptors (Lipinski definition) is 11. The van der Waals surface area contributed by atoms with Gasteiger partial charge in [-0.1, -0.05) is 151 Å². The number of rotatable bonds is 12. The van der Waals surface area contributed by atoms with Gasteiger partial charge in [0.25, 0.3) is 0 Å². The molecule has 2 saturated heterocycles. The van der Waals surface area contributed by atoms with Crippen LogP contribution < -0.4 is 21.7 Å². The van der Waals surface area contributed by atoms with Gasteiger partial charge in [-0.2, -0.15) is 0 Å². The molecular formula is C59H92N8O7. The molecule has 3 amide bonds. The fourth-order valence-corrected chi connectivity index (χ4v) is 8.40. The smallest absolute Gasteiger partial charge is 0.408 e. The van der Waals surface area contributed by atoms with Crippen molar-refractivity contribution in [3.8, 4) is 0 Å². The quantitative estimate of drug-likeness (QED) is 0.109. The third-order valence-electron chi connectivity index (χ3n) is 12.3. The number of benzene rings is 3. The second kappa shape index (κ2) is 30.1. The van der Waals surface area contributed by atoms with E-state index in [0.29, 0.717) is 18.6 Å². The van der Waals surface area contributed by atoms with Crippen LogP contribution >= 0.6 is 0 Å². The van der Waals surface area contributed by atoms with Crippen molar-refractivity contribution in [2.75, 3.05) is 26.2 Å². The largest absolute Gasteiger partial charge is 0.480 e. The van der Waals surface area contributed by atoms with E-state index in [0.717, 1.165) is 52.1 Å². The zero-order chi connectivity index (χ0) is 55.1. The number of carbonyl (C=O) groups is 4. The zero-order valence-electron chi connectivity index (χ0n) is 47.1. The third-order valence-corrected chi connectivity index (χ3v) is 12.3. The van der Waals surface area contributed by atoms with E-state index in [9.17, 15) is 19.2 Å². The molecule has 4 atom stereocenters. The number of hydrogen-bond donors (Lipinski definition) is 5. The molecule has 0 aromatic heterocycles. The van der Waals surface area contributed by atoms with E-state index in [2.05, 4.69) is 115 Å². The molecule has 3 aliphatic rings. The maximum Gasteiger partial charge on any atom is 0.408 e. The molecule has 410 valence electrons. The Hall–Kier alpha value is -5.60. The van der Waals surface area contributed by atoms with Crippen LogP contribution in [0.5, 0.6) is 0 Å². The first kappa shape index (κ1) is 62.7. The number of amides is 3. The fraction of sp³-hybridized carbons (Fsp3) is 0.610. The van der Waals surface area contributed by atoms with Crippen LogP contribution in [0.4, 0.5) is 9.59 Å². The summed E-state index contributed by atoms with van der Waals surface area (Å²) in [6, 6.07) is 31.6. The summed E-state index contributed by atoms with van der Waals surface area (Å²) < 4.78 is 10.3. The zero-order valence-corrected chi connectivity index (χ0v) is 47.1. The summed E-state index contributed by atoms with van der Waals surface area (Å²) >= 11 is 0. The summed E-state index contributed by atoms with van der Waals surface area (Å²) in [7, 11) is 0. The summed E-state index contributed by atoms with van der Waals surface area (Å²) in [6.07, 6.45) is 7.19. The van der Waals surface area contributed by atoms with Crippen LogP contribution in [-0.4, -0.2) is 113 Å². The number of carbonyl (C=O) groups excluding carboxylic acids is 3. The van der Waals surface area contributed by atoms with Crippen molar-refractivity contribution in [2.45, 2.75) is 196 Å². The molecule has 6 rings (SSSR count). The molecule has 6 N–H and O–H groups in total. The Morgan fingerprint density at radius 3 is 1.57 bits per heavy atom. The van der Waals surface area contributed by atoms with Gasteiger partial charge in [-0.25, -0.2) is 24.4 Å². The monoisotopic (exact) mass is 1020 g/mol. The number of nitrogens with zero attached hydrogens (tertiary/aromatic N) is 4. The first-order valence-corrected chi connectivity index (χ1v) is 26.5. The molecule has 3 fully saturated rings. The Labute approximate surface area is 443 Å². The van der Waals surface area contributed by atoms with Crippen molar-refractivity contribution < 1.29 is 33.8 Å². The molecular weight excluding hydrogens is 933 g/mol. The van der Waals surface area contributed by atoms with Gasteiger partial charge in [-0.3, -0.25) is 14.6 Å². The maximum absolute atomic E-state index is 12.9. The number of nitrogens with two attached hydrogens (primary N) is 1. The standard InChI is InChI=1S/C22H35N3O3.C15H20N2.C11H16N2.C11H21NO4/c1-21(2,3)18(24-20(27)28-22(4,5)6)19(26)23-17-12-13-25(15-17)14-16-10-8-7-9-11-16;1-13-7-9-14(10-8-13)11-16-12-17-15-5-3-2-4-6-15;12-11-6-7-13(9-11)8-10-4-2-1-3-5-10;1-10(2,3)7(8(13)14)12-9(15)16-11(4,5)6/h7-11,17-18H,12-15H2,1-6H3,(H,23,26)(H,24,27);7-10,15H,2-6,11H2,1H3;1-5,11H,6-9,12H2;7H,1-6H3,(H,12,15)(H,13,14)/t17-,18-;;11-;7-/m1.11/s1. The number of carboxylic acid groups (broad SMARTS) is 1. The second-order valence-electron chi connectivity index (χ2n) is 24.0. The minimum absolute atomic E-state index is 0.0847. The van der Waals surface area contributed by atoms with Crippen LogP contribution in [0.15, 0.2) is 94.9 Å². The van der Waals surface area contributed by atoms with E-state index in [-0.39, 0.29) is 11.9 Å². The lowest BCUT2D eigenvalue weighted by molar-refractivity contribution is -0.142. The number of alkyl carbamates (subject to hydrolysis) is 2. The normalized spacial score (nSPS) is 18.2. The predicted molar refractivity (Wildman–Crippen MR) is 297 cm³/mol. The Morgan fingerprint density at radius 2 is 1.12 bits per heavy atom. The van der Waals surface area contributed by atoms with E-state index in [4.69, 9.17) is 20.3 Å². The summed E-state index contributed by atoms with van der Waals surface area (Å²) in [6.45, 7) is 30.3. The Morgan fingerprint density at radius 1 is 0.649 bits per heavy atom. The van der Waals surface area contributed by atoms with Crippen LogP contribution in [0.3, 0.4) is 0 Å². The van der Waals surface area contributed by atoms with Crippen LogP contribution in [0.2, 0.25) is 0 Å². The fourth-order valence-electron chi connectivity index (χ4n) is 8.40. The molecule has 2 aliphatic heterocycles. The van der Waals surface area contributed by atoms with Gasteiger partial charge in [0, 0.05) is 51.4 Å². The Bertz CT molecular complexity index is 2200. The number of likely N-dealkylation sites (tertiary alicyclic amines) is 2. The van der Waals surface area contributed by atoms with Crippen molar-refractivity contribution in [1.82, 2.24) is 25.8 Å². The molecule has 2 heterocycles. The molecule has 0 unspecified atom stereocenters. The van der Waals surface area contributed by atoms with Crippen molar-refractivity contribution in [1.29, 1.82) is 0 Å². The molecule has 0 bridgehead atoms. The van der Waals surface area contributed by atoms with E-state index in [1.54, 1.807) is 62.3 Å². The number of aliphatic carboxylic acids is 1. The van der Waals surface area contributed by atoms with Crippen molar-refractivity contribution >= 4 is 30.1 Å². The SMILES string of the molecule is CC(C)(C)OC(=O)N[C@H](C(=O)N[C@@H]1CCN(Cc2ccccc2)C1)C(C)(C)C.CC(C)(C)OC(=O)N[C@H](C(=O)O)C(C)(C)C.Cc1ccc(CN=C=NC2CCCCC2)cc1.N[C@@H]1CCN(Cc2ccccc2)C1. The topological polar surface area (TPSA) is 200 Å². The number of aryl methyl sites for hydroxylation is 1. The first-order valence-electron chi connectivity index (χ1n) is 26.5. The summed E-state index contributed by atoms with van der Waals surface area (Å²) in [4.78, 5) is 60.9. The van der Waals surface area contributed by atoms with Crippen LogP contribution in [0.25, 0.3) is 0 Å². The minimum Gasteiger partial charge on any atom is -0.480 e. The predicted octanol–water partition coefficient (Wildman–Crippen LogP) is 10.5. The molecule has 3 aromatic carbocycles. The van der Waals surface area contributed by atoms with Gasteiger partial charge in [0.2, 0.25) is 5.91 Å². The number of aliphatic imine (C=N–C) groups is 2. The lowest BCUT2D eigenvalue weighted by atomic mass is 9.86. The summed E-state index contributed by atoms with van der Waals surface area (Å²) in [5, 5.41) is 17.2. The molecule has 15 nitrogen and oxygen atoms in total. The van der Waals surface area contributed by atoms with Crippen LogP contribution in [0, 0.1) is 17.8 Å². The molecule has 74 heavy (non-hydrogen) atoms. The highest BCUT2D eigenvalue weighted by atomic mass is 16.6. The van der Waals surface area contributed by atoms with Gasteiger partial charge in [0.05, 0.1) is 18.6 Å². The number of ether oxygens (including phenoxy) is 2. The van der Waals surface area contributed by atoms with Gasteiger partial charge in [-0.15, -0.1) is 0 Å². The van der Waals surface area contributed by atoms with Gasteiger partial charge < -0.3 is 36.3 Å². The molecule has 0 spiro atoms. The summed E-state index contributed by atoms with van der Waals surface area (Å²) in [5.41, 5.74) is 8.77. The molecule has 3 aromatic rings. The lowest BCUT2D eigenvalue weighted by Gasteiger charge is -2.32. The molecule has 1 saturated carbocycles. The highest BCUT2D eigenvalue weighted by molar-refractivity contribution is 5.86. The van der Waals surface area contributed by atoms with Gasteiger partial charge >= 0.3 is 18.2 Å². The first-order chi connectivity index (χ1) is 34.6. The Balaban J connectivity index is 0.000000273. The van der Waals surface area contributed by atoms with E-state index >= 15 is 0 Å². The summed E-state index contributed by atoms with van der Waals surface area (Å²) in [5.74, 6) is -1.23. The van der Waals surface area contributed by atoms with Crippen molar-refractivity contribution in [2.24, 2.45) is 26.5 Å². The van der Waals surface area contributed by atoms with Gasteiger partial charge in [0.15, 0.2) is 0 Å². The maximum atomic E-state index is 12.9. The number of carboxylic acids is 1. The van der Waals surface area contributed by atoms with E-state index < -0.39 is 52.3 Å². The van der Waals surface area contributed by atoms with Crippen molar-refractivity contribution in [3.05, 3.63) is 107 Å². The molecule has 15 heteroatoms. The van der Waals surface area contributed by atoms with E-state index in [1.807, 2.05) is 39.0 Å². The van der Waals surface area contributed by atoms with Gasteiger partial charge in [0.1, 0.15) is 23.3 Å². The van der Waals surface area contributed by atoms with Crippen molar-refractivity contribution in [3.63, 3.8) is 0 Å². The van der Waals surface area contributed by atoms with Crippen LogP contribution in [-0.2, 0) is 38.7 Å². The minimum atomic E-state index is -1.07. The van der Waals surface area contributed by atoms with Crippen LogP contribution in [0.1, 0.15) is 150 Å². The molecule has 1 aliphatic carbocycles. The lowest BCUT2D eigenvalue weighted by Crippen LogP contribution is -2.56. The third kappa shape index (κ3) is 26.6. The number of nitrogens with one attached hydrogen (secondary N) is 3. The highest BCUT2D eigenvalue weighted by Crippen LogP contribution is 2.23. The average molecular weight is 1030 g/mol. The molecule has 0 radical (unpaired) electrons. The van der Waals surface area contributed by atoms with Gasteiger partial charge in [-0.05, 0) is 102 Å². The highest BCUT2D eigenvalue weighted by Gasteiger charge is 2.37. The Kier molecular flexibility index (Phi) is 25.5. The second-order valence-corrected chi connectivity index (χ2v) is 24.0. The van der Waals surface area contributed by atoms with E-state index in [1.165, 1.54) is 54.4 Å².